The van der Waals surface area contributed by atoms with Crippen LogP contribution in [0.2, 0.25) is 0 Å². The molecule has 114 valence electrons. The van der Waals surface area contributed by atoms with E-state index < -0.39 is 0 Å². The van der Waals surface area contributed by atoms with Crippen LogP contribution in [0, 0.1) is 28.0 Å². The molecule has 21 heavy (non-hydrogen) atoms. The summed E-state index contributed by atoms with van der Waals surface area (Å²) in [7, 11) is 0. The molecule has 0 unspecified atom stereocenters. The van der Waals surface area contributed by atoms with Crippen LogP contribution in [-0.2, 0) is 6.54 Å². The van der Waals surface area contributed by atoms with E-state index in [4.69, 9.17) is 5.26 Å². The lowest BCUT2D eigenvalue weighted by Gasteiger charge is -2.45. The van der Waals surface area contributed by atoms with Gasteiger partial charge in [-0.05, 0) is 36.2 Å². The highest BCUT2D eigenvalue weighted by Gasteiger charge is 2.38. The standard InChI is InChI=1S/C18H25FN2/c1-17(2)8-15(9-18(3,4)12-17)21-11-14-7-5-6-13(10-20)16(14)19/h5-7,15,21H,8-9,11-12H2,1-4H3. The highest BCUT2D eigenvalue weighted by atomic mass is 19.1. The fraction of sp³-hybridized carbons (Fsp3) is 0.611. The largest absolute Gasteiger partial charge is 0.310 e. The average molecular weight is 288 g/mol. The zero-order valence-electron chi connectivity index (χ0n) is 13.5. The molecule has 0 bridgehead atoms. The van der Waals surface area contributed by atoms with Gasteiger partial charge in [-0.1, -0.05) is 39.8 Å². The van der Waals surface area contributed by atoms with Gasteiger partial charge in [0.15, 0.2) is 0 Å². The number of hydrogen-bond donors (Lipinski definition) is 1. The molecular weight excluding hydrogens is 263 g/mol. The van der Waals surface area contributed by atoms with E-state index in [0.717, 1.165) is 12.8 Å². The fourth-order valence-electron chi connectivity index (χ4n) is 4.05. The van der Waals surface area contributed by atoms with Gasteiger partial charge < -0.3 is 5.32 Å². The van der Waals surface area contributed by atoms with Gasteiger partial charge in [0, 0.05) is 18.2 Å². The number of nitrogens with zero attached hydrogens (tertiary/aromatic N) is 1. The second-order valence-corrected chi connectivity index (χ2v) is 7.88. The predicted molar refractivity (Wildman–Crippen MR) is 83.2 cm³/mol. The second kappa shape index (κ2) is 5.77. The monoisotopic (exact) mass is 288 g/mol. The Morgan fingerprint density at radius 3 is 2.43 bits per heavy atom. The van der Waals surface area contributed by atoms with Gasteiger partial charge in [-0.2, -0.15) is 5.26 Å². The Morgan fingerprint density at radius 2 is 1.86 bits per heavy atom. The first kappa shape index (κ1) is 16.0. The molecule has 0 aliphatic heterocycles. The molecule has 1 saturated carbocycles. The summed E-state index contributed by atoms with van der Waals surface area (Å²) in [5.41, 5.74) is 1.33. The summed E-state index contributed by atoms with van der Waals surface area (Å²) in [4.78, 5) is 0. The molecule has 1 aromatic rings. The van der Waals surface area contributed by atoms with Crippen molar-refractivity contribution in [1.29, 1.82) is 5.26 Å². The number of nitrogens with one attached hydrogen (secondary N) is 1. The Morgan fingerprint density at radius 1 is 1.24 bits per heavy atom. The molecule has 0 radical (unpaired) electrons. The van der Waals surface area contributed by atoms with E-state index in [1.807, 2.05) is 6.07 Å². The third kappa shape index (κ3) is 4.04. The molecular formula is C18H25FN2. The van der Waals surface area contributed by atoms with E-state index >= 15 is 0 Å². The van der Waals surface area contributed by atoms with Crippen molar-refractivity contribution in [2.24, 2.45) is 10.8 Å². The van der Waals surface area contributed by atoms with Crippen LogP contribution in [0.5, 0.6) is 0 Å². The van der Waals surface area contributed by atoms with Gasteiger partial charge in [-0.25, -0.2) is 4.39 Å². The zero-order chi connectivity index (χ0) is 15.7. The summed E-state index contributed by atoms with van der Waals surface area (Å²) in [5.74, 6) is -0.387. The summed E-state index contributed by atoms with van der Waals surface area (Å²) in [6.45, 7) is 9.70. The third-order valence-electron chi connectivity index (χ3n) is 4.34. The first-order valence-corrected chi connectivity index (χ1v) is 7.63. The smallest absolute Gasteiger partial charge is 0.145 e. The van der Waals surface area contributed by atoms with Crippen molar-refractivity contribution in [3.8, 4) is 6.07 Å². The molecule has 1 aromatic carbocycles. The van der Waals surface area contributed by atoms with Crippen LogP contribution in [0.15, 0.2) is 18.2 Å². The average Bonchev–Trinajstić information content (AvgIpc) is 2.34. The van der Waals surface area contributed by atoms with Gasteiger partial charge in [-0.3, -0.25) is 0 Å². The van der Waals surface area contributed by atoms with Gasteiger partial charge in [0.25, 0.3) is 0 Å². The van der Waals surface area contributed by atoms with E-state index in [9.17, 15) is 4.39 Å². The van der Waals surface area contributed by atoms with Crippen molar-refractivity contribution >= 4 is 0 Å². The van der Waals surface area contributed by atoms with Crippen molar-refractivity contribution in [2.75, 3.05) is 0 Å². The number of halogens is 1. The van der Waals surface area contributed by atoms with Gasteiger partial charge >= 0.3 is 0 Å². The maximum Gasteiger partial charge on any atom is 0.145 e. The molecule has 2 rings (SSSR count). The molecule has 1 aliphatic carbocycles. The molecule has 0 heterocycles. The van der Waals surface area contributed by atoms with Crippen LogP contribution < -0.4 is 5.32 Å². The first-order chi connectivity index (χ1) is 9.72. The maximum absolute atomic E-state index is 14.1. The minimum absolute atomic E-state index is 0.124. The molecule has 1 N–H and O–H groups in total. The van der Waals surface area contributed by atoms with Gasteiger partial charge in [0.05, 0.1) is 5.56 Å². The first-order valence-electron chi connectivity index (χ1n) is 7.63. The third-order valence-corrected chi connectivity index (χ3v) is 4.34. The molecule has 0 spiro atoms. The normalized spacial score (nSPS) is 21.0. The van der Waals surface area contributed by atoms with Gasteiger partial charge in [0.2, 0.25) is 0 Å². The Bertz CT molecular complexity index is 539. The lowest BCUT2D eigenvalue weighted by molar-refractivity contribution is 0.0844. The molecule has 3 heteroatoms. The van der Waals surface area contributed by atoms with E-state index in [2.05, 4.69) is 33.0 Å². The van der Waals surface area contributed by atoms with Crippen LogP contribution in [0.1, 0.15) is 58.1 Å². The number of rotatable bonds is 3. The van der Waals surface area contributed by atoms with Crippen molar-refractivity contribution in [1.82, 2.24) is 5.32 Å². The van der Waals surface area contributed by atoms with Crippen LogP contribution >= 0.6 is 0 Å². The summed E-state index contributed by atoms with van der Waals surface area (Å²) in [6.07, 6.45) is 3.43. The Labute approximate surface area is 127 Å². The molecule has 0 atom stereocenters. The lowest BCUT2D eigenvalue weighted by atomic mass is 9.63. The highest BCUT2D eigenvalue weighted by Crippen LogP contribution is 2.45. The molecule has 0 aromatic heterocycles. The molecule has 1 fully saturated rings. The zero-order valence-corrected chi connectivity index (χ0v) is 13.5. The van der Waals surface area contributed by atoms with Crippen molar-refractivity contribution in [3.63, 3.8) is 0 Å². The van der Waals surface area contributed by atoms with Crippen molar-refractivity contribution in [2.45, 2.75) is 59.5 Å². The van der Waals surface area contributed by atoms with Crippen LogP contribution in [0.25, 0.3) is 0 Å². The molecule has 0 saturated heterocycles. The van der Waals surface area contributed by atoms with Gasteiger partial charge in [0.1, 0.15) is 11.9 Å². The summed E-state index contributed by atoms with van der Waals surface area (Å²) in [5, 5.41) is 12.4. The Hall–Kier alpha value is -1.40. The summed E-state index contributed by atoms with van der Waals surface area (Å²) >= 11 is 0. The van der Waals surface area contributed by atoms with Crippen molar-refractivity contribution in [3.05, 3.63) is 35.1 Å². The minimum atomic E-state index is -0.387. The number of nitriles is 1. The molecule has 2 nitrogen and oxygen atoms in total. The van der Waals surface area contributed by atoms with E-state index in [0.29, 0.717) is 29.0 Å². The van der Waals surface area contributed by atoms with Crippen molar-refractivity contribution < 1.29 is 4.39 Å². The lowest BCUT2D eigenvalue weighted by Crippen LogP contribution is -2.43. The molecule has 1 aliphatic rings. The number of hydrogen-bond acceptors (Lipinski definition) is 2. The fourth-order valence-corrected chi connectivity index (χ4v) is 4.05. The topological polar surface area (TPSA) is 35.8 Å². The second-order valence-electron chi connectivity index (χ2n) is 7.88. The van der Waals surface area contributed by atoms with E-state index in [-0.39, 0.29) is 11.4 Å². The molecule has 0 amide bonds. The SMILES string of the molecule is CC1(C)CC(NCc2cccc(C#N)c2F)CC(C)(C)C1. The minimum Gasteiger partial charge on any atom is -0.310 e. The predicted octanol–water partition coefficient (Wildman–Crippen LogP) is 4.39. The highest BCUT2D eigenvalue weighted by molar-refractivity contribution is 5.34. The quantitative estimate of drug-likeness (QED) is 0.895. The Kier molecular flexibility index (Phi) is 4.39. The van der Waals surface area contributed by atoms with E-state index in [1.54, 1.807) is 12.1 Å². The van der Waals surface area contributed by atoms with Crippen LogP contribution in [0.4, 0.5) is 4.39 Å². The Balaban J connectivity index is 2.05. The van der Waals surface area contributed by atoms with Crippen LogP contribution in [0.3, 0.4) is 0 Å². The van der Waals surface area contributed by atoms with E-state index in [1.165, 1.54) is 12.5 Å². The van der Waals surface area contributed by atoms with Gasteiger partial charge in [-0.15, -0.1) is 0 Å². The maximum atomic E-state index is 14.1. The number of benzene rings is 1. The van der Waals surface area contributed by atoms with Crippen LogP contribution in [-0.4, -0.2) is 6.04 Å². The summed E-state index contributed by atoms with van der Waals surface area (Å²) in [6, 6.07) is 7.31. The summed E-state index contributed by atoms with van der Waals surface area (Å²) < 4.78 is 14.1.